The minimum Gasteiger partial charge on any atom is -0.410 e. The molecule has 5 rings (SSSR count). The molecule has 190 valence electrons. The molecule has 9 nitrogen and oxygen atoms in total. The Morgan fingerprint density at radius 3 is 2.59 bits per heavy atom. The molecule has 3 heterocycles. The number of hydrogen-bond acceptors (Lipinski definition) is 6. The molecular formula is C28H28N4O5. The summed E-state index contributed by atoms with van der Waals surface area (Å²) in [5.41, 5.74) is 0.266. The van der Waals surface area contributed by atoms with Crippen LogP contribution in [-0.2, 0) is 9.59 Å². The molecule has 1 N–H and O–H groups in total. The smallest absolute Gasteiger partial charge is 0.410 e. The quantitative estimate of drug-likeness (QED) is 0.557. The topological polar surface area (TPSA) is 109 Å². The predicted molar refractivity (Wildman–Crippen MR) is 136 cm³/mol. The third kappa shape index (κ3) is 4.89. The SMILES string of the molecule is CCCC(NC(=O)Oc1ccc2ccccc2c1)C(=O)N1CCC2C1C(=O)CN2C(=O)c1ccccn1. The van der Waals surface area contributed by atoms with Gasteiger partial charge in [0.2, 0.25) is 5.91 Å². The molecule has 3 unspecified atom stereocenters. The van der Waals surface area contributed by atoms with E-state index >= 15 is 0 Å². The molecule has 2 saturated heterocycles. The van der Waals surface area contributed by atoms with Crippen molar-refractivity contribution in [3.8, 4) is 5.75 Å². The highest BCUT2D eigenvalue weighted by molar-refractivity contribution is 6.02. The van der Waals surface area contributed by atoms with Crippen molar-refractivity contribution in [3.63, 3.8) is 0 Å². The highest BCUT2D eigenvalue weighted by Gasteiger charge is 2.52. The minimum atomic E-state index is -0.843. The van der Waals surface area contributed by atoms with Gasteiger partial charge in [-0.2, -0.15) is 0 Å². The number of aromatic nitrogens is 1. The Kier molecular flexibility index (Phi) is 6.85. The van der Waals surface area contributed by atoms with E-state index in [-0.39, 0.29) is 29.8 Å². The number of benzene rings is 2. The van der Waals surface area contributed by atoms with Crippen LogP contribution in [0.25, 0.3) is 10.8 Å². The van der Waals surface area contributed by atoms with Crippen LogP contribution in [0, 0.1) is 0 Å². The fourth-order valence-electron chi connectivity index (χ4n) is 5.23. The summed E-state index contributed by atoms with van der Waals surface area (Å²) in [6.07, 6.45) is 2.33. The number of ketones is 1. The standard InChI is InChI=1S/C28H28N4O5/c1-2-7-22(30-28(36)37-20-12-11-18-8-3-4-9-19(18)16-20)27(35)31-15-13-23-25(31)24(33)17-32(23)26(34)21-10-5-6-14-29-21/h3-6,8-12,14,16,22-23,25H,2,7,13,15,17H2,1H3,(H,30,36). The Labute approximate surface area is 214 Å². The lowest BCUT2D eigenvalue weighted by molar-refractivity contribution is -0.138. The Hall–Kier alpha value is -4.27. The molecule has 2 aromatic carbocycles. The molecule has 3 amide bonds. The van der Waals surface area contributed by atoms with E-state index in [1.165, 1.54) is 16.0 Å². The zero-order chi connectivity index (χ0) is 25.9. The second-order valence-corrected chi connectivity index (χ2v) is 9.33. The predicted octanol–water partition coefficient (Wildman–Crippen LogP) is 3.19. The van der Waals surface area contributed by atoms with E-state index in [1.807, 2.05) is 37.3 Å². The van der Waals surface area contributed by atoms with Gasteiger partial charge in [-0.15, -0.1) is 0 Å². The Morgan fingerprint density at radius 2 is 1.84 bits per heavy atom. The highest BCUT2D eigenvalue weighted by atomic mass is 16.6. The van der Waals surface area contributed by atoms with Gasteiger partial charge in [-0.1, -0.05) is 49.7 Å². The lowest BCUT2D eigenvalue weighted by Gasteiger charge is -2.28. The number of hydrogen-bond donors (Lipinski definition) is 1. The van der Waals surface area contributed by atoms with Gasteiger partial charge in [0.15, 0.2) is 5.78 Å². The zero-order valence-corrected chi connectivity index (χ0v) is 20.5. The van der Waals surface area contributed by atoms with Gasteiger partial charge in [0, 0.05) is 12.7 Å². The number of amides is 3. The summed E-state index contributed by atoms with van der Waals surface area (Å²) in [6, 6.07) is 16.1. The van der Waals surface area contributed by atoms with Crippen LogP contribution in [0.4, 0.5) is 4.79 Å². The number of Topliss-reactive ketones (excluding diaryl/α,β-unsaturated/α-hetero) is 1. The first-order chi connectivity index (χ1) is 18.0. The molecule has 1 aromatic heterocycles. The van der Waals surface area contributed by atoms with Crippen molar-refractivity contribution in [2.45, 2.75) is 44.3 Å². The second-order valence-electron chi connectivity index (χ2n) is 9.33. The Morgan fingerprint density at radius 1 is 1.05 bits per heavy atom. The van der Waals surface area contributed by atoms with Crippen LogP contribution >= 0.6 is 0 Å². The summed E-state index contributed by atoms with van der Waals surface area (Å²) < 4.78 is 5.47. The van der Waals surface area contributed by atoms with Crippen molar-refractivity contribution in [2.75, 3.05) is 13.1 Å². The third-order valence-electron chi connectivity index (χ3n) is 6.95. The Balaban J connectivity index is 1.27. The third-order valence-corrected chi connectivity index (χ3v) is 6.95. The number of likely N-dealkylation sites (tertiary alicyclic amines) is 2. The van der Waals surface area contributed by atoms with Crippen LogP contribution in [0.3, 0.4) is 0 Å². The van der Waals surface area contributed by atoms with Crippen molar-refractivity contribution < 1.29 is 23.9 Å². The monoisotopic (exact) mass is 500 g/mol. The summed E-state index contributed by atoms with van der Waals surface area (Å²) >= 11 is 0. The molecule has 2 aliphatic heterocycles. The van der Waals surface area contributed by atoms with Gasteiger partial charge < -0.3 is 19.9 Å². The van der Waals surface area contributed by atoms with E-state index in [0.717, 1.165) is 10.8 Å². The van der Waals surface area contributed by atoms with E-state index in [9.17, 15) is 19.2 Å². The zero-order valence-electron chi connectivity index (χ0n) is 20.5. The fourth-order valence-corrected chi connectivity index (χ4v) is 5.23. The second kappa shape index (κ2) is 10.4. The highest BCUT2D eigenvalue weighted by Crippen LogP contribution is 2.31. The number of ether oxygens (including phenoxy) is 1. The Bertz CT molecular complexity index is 1340. The molecule has 2 fully saturated rings. The molecule has 3 atom stereocenters. The van der Waals surface area contributed by atoms with Gasteiger partial charge in [0.1, 0.15) is 23.5 Å². The van der Waals surface area contributed by atoms with Crippen molar-refractivity contribution in [1.29, 1.82) is 0 Å². The first-order valence-corrected chi connectivity index (χ1v) is 12.5. The maximum atomic E-state index is 13.5. The van der Waals surface area contributed by atoms with Crippen molar-refractivity contribution >= 4 is 34.5 Å². The maximum Gasteiger partial charge on any atom is 0.413 e. The van der Waals surface area contributed by atoms with Gasteiger partial charge in [-0.3, -0.25) is 19.4 Å². The first kappa shape index (κ1) is 24.4. The van der Waals surface area contributed by atoms with Crippen LogP contribution in [0.5, 0.6) is 5.75 Å². The van der Waals surface area contributed by atoms with E-state index in [2.05, 4.69) is 10.3 Å². The minimum absolute atomic E-state index is 0.0651. The normalized spacial score (nSPS) is 19.5. The van der Waals surface area contributed by atoms with Crippen molar-refractivity contribution in [1.82, 2.24) is 20.1 Å². The maximum absolute atomic E-state index is 13.5. The van der Waals surface area contributed by atoms with Gasteiger partial charge in [0.05, 0.1) is 12.6 Å². The van der Waals surface area contributed by atoms with Gasteiger partial charge in [-0.05, 0) is 47.9 Å². The number of carbonyl (C=O) groups is 4. The first-order valence-electron chi connectivity index (χ1n) is 12.5. The van der Waals surface area contributed by atoms with Gasteiger partial charge >= 0.3 is 6.09 Å². The van der Waals surface area contributed by atoms with Crippen LogP contribution < -0.4 is 10.1 Å². The molecular weight excluding hydrogens is 472 g/mol. The van der Waals surface area contributed by atoms with Crippen LogP contribution in [-0.4, -0.2) is 69.7 Å². The molecule has 37 heavy (non-hydrogen) atoms. The summed E-state index contributed by atoms with van der Waals surface area (Å²) in [7, 11) is 0. The number of fused-ring (bicyclic) bond motifs is 2. The average molecular weight is 501 g/mol. The lowest BCUT2D eigenvalue weighted by atomic mass is 10.1. The number of carbonyl (C=O) groups excluding carboxylic acids is 4. The molecule has 0 radical (unpaired) electrons. The van der Waals surface area contributed by atoms with Crippen LogP contribution in [0.1, 0.15) is 36.7 Å². The summed E-state index contributed by atoms with van der Waals surface area (Å²) in [6.45, 7) is 2.18. The summed E-state index contributed by atoms with van der Waals surface area (Å²) in [4.78, 5) is 59.3. The van der Waals surface area contributed by atoms with E-state index in [1.54, 1.807) is 30.3 Å². The molecule has 3 aromatic rings. The van der Waals surface area contributed by atoms with Gasteiger partial charge in [0.25, 0.3) is 5.91 Å². The summed E-state index contributed by atoms with van der Waals surface area (Å²) in [5.74, 6) is -0.479. The molecule has 0 bridgehead atoms. The van der Waals surface area contributed by atoms with E-state index < -0.39 is 24.2 Å². The number of pyridine rings is 1. The van der Waals surface area contributed by atoms with E-state index in [0.29, 0.717) is 31.6 Å². The number of nitrogens with one attached hydrogen (secondary N) is 1. The largest absolute Gasteiger partial charge is 0.413 e. The molecule has 0 spiro atoms. The van der Waals surface area contributed by atoms with E-state index in [4.69, 9.17) is 4.74 Å². The number of nitrogens with zero attached hydrogens (tertiary/aromatic N) is 3. The molecule has 2 aliphatic rings. The molecule has 0 saturated carbocycles. The van der Waals surface area contributed by atoms with Crippen LogP contribution in [0.15, 0.2) is 66.9 Å². The average Bonchev–Trinajstić information content (AvgIpc) is 3.49. The molecule has 9 heteroatoms. The van der Waals surface area contributed by atoms with Gasteiger partial charge in [-0.25, -0.2) is 4.79 Å². The molecule has 0 aliphatic carbocycles. The van der Waals surface area contributed by atoms with Crippen LogP contribution in [0.2, 0.25) is 0 Å². The van der Waals surface area contributed by atoms with Crippen molar-refractivity contribution in [3.05, 3.63) is 72.6 Å². The summed E-state index contributed by atoms with van der Waals surface area (Å²) in [5, 5.41) is 4.65. The fraction of sp³-hybridized carbons (Fsp3) is 0.321. The lowest BCUT2D eigenvalue weighted by Crippen LogP contribution is -2.53. The van der Waals surface area contributed by atoms with Crippen molar-refractivity contribution in [2.24, 2.45) is 0 Å². The number of rotatable bonds is 6.